The van der Waals surface area contributed by atoms with Crippen molar-refractivity contribution in [3.05, 3.63) is 82.9 Å². The molecular formula is C38H40FN7O6. The number of carbonyl (C=O) groups excluding carboxylic acids is 3. The Hall–Kier alpha value is -5.97. The third kappa shape index (κ3) is 7.68. The Morgan fingerprint density at radius 3 is 2.35 bits per heavy atom. The first-order valence-electron chi connectivity index (χ1n) is 17.1. The van der Waals surface area contributed by atoms with E-state index in [2.05, 4.69) is 15.2 Å². The fraction of sp³-hybridized carbons (Fsp3) is 0.368. The summed E-state index contributed by atoms with van der Waals surface area (Å²) in [4.78, 5) is 55.8. The highest BCUT2D eigenvalue weighted by molar-refractivity contribution is 5.96. The lowest BCUT2D eigenvalue weighted by Gasteiger charge is -2.35. The number of halogens is 1. The summed E-state index contributed by atoms with van der Waals surface area (Å²) in [5.41, 5.74) is 2.01. The molecule has 13 nitrogen and oxygen atoms in total. The van der Waals surface area contributed by atoms with Crippen molar-refractivity contribution >= 4 is 34.4 Å². The number of hydrogen-bond donors (Lipinski definition) is 1. The molecule has 2 aromatic heterocycles. The number of nitriles is 1. The van der Waals surface area contributed by atoms with Crippen molar-refractivity contribution in [2.45, 2.75) is 25.8 Å². The molecule has 2 aromatic carbocycles. The number of anilines is 1. The highest BCUT2D eigenvalue weighted by atomic mass is 19.1. The predicted molar refractivity (Wildman–Crippen MR) is 190 cm³/mol. The number of ether oxygens (including phenoxy) is 3. The summed E-state index contributed by atoms with van der Waals surface area (Å²) < 4.78 is 30.9. The van der Waals surface area contributed by atoms with E-state index in [9.17, 15) is 24.0 Å². The normalized spacial score (nSPS) is 16.9. The van der Waals surface area contributed by atoms with Crippen LogP contribution in [0.1, 0.15) is 51.2 Å². The topological polar surface area (TPSA) is 150 Å². The minimum absolute atomic E-state index is 0.0491. The van der Waals surface area contributed by atoms with E-state index in [1.54, 1.807) is 24.1 Å². The van der Waals surface area contributed by atoms with Gasteiger partial charge in [0.15, 0.2) is 11.5 Å². The fourth-order valence-corrected chi connectivity index (χ4v) is 6.78. The number of pyridine rings is 2. The summed E-state index contributed by atoms with van der Waals surface area (Å²) in [6.45, 7) is 2.10. The number of methoxy groups -OCH3 is 3. The molecule has 4 aromatic rings. The molecule has 1 N–H and O–H groups in total. The van der Waals surface area contributed by atoms with E-state index in [1.165, 1.54) is 55.6 Å². The molecule has 0 aliphatic carbocycles. The van der Waals surface area contributed by atoms with Gasteiger partial charge in [-0.15, -0.1) is 0 Å². The molecule has 1 fully saturated rings. The fourth-order valence-electron chi connectivity index (χ4n) is 6.78. The molecule has 2 bridgehead atoms. The Balaban J connectivity index is 1.48. The molecule has 3 amide bonds. The number of piperidine rings is 1. The van der Waals surface area contributed by atoms with Gasteiger partial charge in [0.25, 0.3) is 11.8 Å². The van der Waals surface area contributed by atoms with Gasteiger partial charge in [0.05, 0.1) is 32.4 Å². The molecule has 270 valence electrons. The summed E-state index contributed by atoms with van der Waals surface area (Å²) in [6, 6.07) is 14.0. The van der Waals surface area contributed by atoms with E-state index >= 15 is 0 Å². The van der Waals surface area contributed by atoms with Crippen LogP contribution < -0.4 is 24.4 Å². The Morgan fingerprint density at radius 1 is 0.923 bits per heavy atom. The maximum atomic E-state index is 14.3. The Morgan fingerprint density at radius 2 is 1.65 bits per heavy atom. The number of nitrogens with zero attached hydrogens (tertiary/aromatic N) is 6. The highest BCUT2D eigenvalue weighted by Crippen LogP contribution is 2.44. The summed E-state index contributed by atoms with van der Waals surface area (Å²) in [7, 11) is 4.61. The Labute approximate surface area is 300 Å². The van der Waals surface area contributed by atoms with Crippen LogP contribution in [0.3, 0.4) is 0 Å². The Kier molecular flexibility index (Phi) is 11.0. The van der Waals surface area contributed by atoms with Gasteiger partial charge in [0, 0.05) is 81.0 Å². The second kappa shape index (κ2) is 15.9. The molecule has 6 rings (SSSR count). The summed E-state index contributed by atoms with van der Waals surface area (Å²) in [5.74, 6) is 0.624. The van der Waals surface area contributed by atoms with Gasteiger partial charge in [0.2, 0.25) is 11.7 Å². The van der Waals surface area contributed by atoms with Crippen molar-refractivity contribution in [3.8, 4) is 23.3 Å². The molecule has 1 unspecified atom stereocenters. The minimum Gasteiger partial charge on any atom is -0.493 e. The average Bonchev–Trinajstić information content (AvgIpc) is 3.18. The molecule has 2 aliphatic heterocycles. The minimum atomic E-state index is -0.478. The van der Waals surface area contributed by atoms with Crippen molar-refractivity contribution in [1.82, 2.24) is 25.1 Å². The zero-order valence-electron chi connectivity index (χ0n) is 29.4. The van der Waals surface area contributed by atoms with E-state index < -0.39 is 11.7 Å². The van der Waals surface area contributed by atoms with Gasteiger partial charge in [-0.25, -0.2) is 14.4 Å². The SMILES string of the molecule is COc1cc2nc3c(cc2c(OC)c1OC)CN(C(=O)c1ccc(C#N)nc1)CCN(C(=O)c1ccc(F)cc1)CCC(=O)NCC1CCCN3C1. The first-order valence-corrected chi connectivity index (χ1v) is 17.1. The van der Waals surface area contributed by atoms with Crippen LogP contribution in [-0.2, 0) is 11.3 Å². The second-order valence-electron chi connectivity index (χ2n) is 12.8. The van der Waals surface area contributed by atoms with E-state index in [0.717, 1.165) is 18.4 Å². The van der Waals surface area contributed by atoms with E-state index in [-0.39, 0.29) is 67.2 Å². The van der Waals surface area contributed by atoms with Gasteiger partial charge in [-0.3, -0.25) is 14.4 Å². The summed E-state index contributed by atoms with van der Waals surface area (Å²) in [5, 5.41) is 13.0. The van der Waals surface area contributed by atoms with Crippen molar-refractivity contribution in [1.29, 1.82) is 5.26 Å². The molecule has 2 aliphatic rings. The van der Waals surface area contributed by atoms with Crippen molar-refractivity contribution in [3.63, 3.8) is 0 Å². The maximum Gasteiger partial charge on any atom is 0.255 e. The number of benzene rings is 2. The molecule has 4 heterocycles. The van der Waals surface area contributed by atoms with Crippen LogP contribution in [0.15, 0.2) is 54.7 Å². The number of carbonyl (C=O) groups is 3. The maximum absolute atomic E-state index is 14.3. The molecule has 0 saturated carbocycles. The number of amides is 3. The van der Waals surface area contributed by atoms with E-state index in [1.807, 2.05) is 12.1 Å². The number of rotatable bonds is 5. The number of hydrogen-bond acceptors (Lipinski definition) is 10. The van der Waals surface area contributed by atoms with Gasteiger partial charge in [-0.1, -0.05) is 0 Å². The quantitative estimate of drug-likeness (QED) is 0.320. The van der Waals surface area contributed by atoms with Gasteiger partial charge < -0.3 is 34.2 Å². The third-order valence-electron chi connectivity index (χ3n) is 9.49. The van der Waals surface area contributed by atoms with Crippen molar-refractivity contribution in [2.75, 3.05) is 65.5 Å². The number of nitrogens with one attached hydrogen (secondary N) is 1. The summed E-state index contributed by atoms with van der Waals surface area (Å²) >= 11 is 0. The first-order chi connectivity index (χ1) is 25.2. The van der Waals surface area contributed by atoms with E-state index in [4.69, 9.17) is 19.2 Å². The smallest absolute Gasteiger partial charge is 0.255 e. The standard InChI is InChI=1S/C38H40FN7O6/c1-50-32-18-31-30(34(51-2)35(32)52-3)17-27-23-46(38(49)26-8-11-29(19-40)41-21-26)16-15-44(37(48)25-6-9-28(39)10-7-25)14-12-33(47)42-20-24-5-4-13-45(22-24)36(27)43-31/h6-11,17-18,21,24H,4-5,12-16,20,22-23H2,1-3H3,(H,42,47). The van der Waals surface area contributed by atoms with Crippen LogP contribution in [-0.4, -0.2) is 98.1 Å². The van der Waals surface area contributed by atoms with Crippen molar-refractivity contribution in [2.24, 2.45) is 5.92 Å². The zero-order valence-corrected chi connectivity index (χ0v) is 29.4. The van der Waals surface area contributed by atoms with Gasteiger partial charge >= 0.3 is 0 Å². The van der Waals surface area contributed by atoms with E-state index in [0.29, 0.717) is 53.6 Å². The molecule has 1 saturated heterocycles. The zero-order chi connectivity index (χ0) is 36.8. The first kappa shape index (κ1) is 35.8. The predicted octanol–water partition coefficient (Wildman–Crippen LogP) is 4.19. The molecule has 14 heteroatoms. The second-order valence-corrected chi connectivity index (χ2v) is 12.8. The highest BCUT2D eigenvalue weighted by Gasteiger charge is 2.29. The van der Waals surface area contributed by atoms with Gasteiger partial charge in [0.1, 0.15) is 23.4 Å². The van der Waals surface area contributed by atoms with Crippen LogP contribution >= 0.6 is 0 Å². The lowest BCUT2D eigenvalue weighted by molar-refractivity contribution is -0.121. The van der Waals surface area contributed by atoms with Crippen LogP contribution in [0.25, 0.3) is 10.9 Å². The summed E-state index contributed by atoms with van der Waals surface area (Å²) in [6.07, 6.45) is 3.18. The Bertz CT molecular complexity index is 2000. The number of fused-ring (bicyclic) bond motifs is 5. The molecule has 0 spiro atoms. The lowest BCUT2D eigenvalue weighted by Crippen LogP contribution is -2.42. The van der Waals surface area contributed by atoms with Gasteiger partial charge in [-0.05, 0) is 61.2 Å². The lowest BCUT2D eigenvalue weighted by atomic mass is 9.97. The average molecular weight is 710 g/mol. The molecular weight excluding hydrogens is 669 g/mol. The monoisotopic (exact) mass is 709 g/mol. The van der Waals surface area contributed by atoms with Crippen LogP contribution in [0.5, 0.6) is 17.2 Å². The molecule has 0 radical (unpaired) electrons. The molecule has 1 atom stereocenters. The molecule has 52 heavy (non-hydrogen) atoms. The number of aromatic nitrogens is 2. The van der Waals surface area contributed by atoms with Crippen LogP contribution in [0, 0.1) is 23.1 Å². The largest absolute Gasteiger partial charge is 0.493 e. The van der Waals surface area contributed by atoms with Crippen molar-refractivity contribution < 1.29 is 33.0 Å². The van der Waals surface area contributed by atoms with Crippen LogP contribution in [0.2, 0.25) is 0 Å². The van der Waals surface area contributed by atoms with Gasteiger partial charge in [-0.2, -0.15) is 5.26 Å². The third-order valence-corrected chi connectivity index (χ3v) is 9.49. The van der Waals surface area contributed by atoms with Crippen LogP contribution in [0.4, 0.5) is 10.2 Å².